The van der Waals surface area contributed by atoms with Crippen LogP contribution < -0.4 is 10.2 Å². The van der Waals surface area contributed by atoms with E-state index in [1.54, 1.807) is 18.2 Å². The second kappa shape index (κ2) is 8.56. The Labute approximate surface area is 169 Å². The number of nitrogens with one attached hydrogen (secondary N) is 1. The molecule has 0 saturated carbocycles. The van der Waals surface area contributed by atoms with Gasteiger partial charge in [-0.3, -0.25) is 4.79 Å². The molecule has 1 N–H and O–H groups in total. The Kier molecular flexibility index (Phi) is 6.12. The monoisotopic (exact) mass is 422 g/mol. The third-order valence-electron chi connectivity index (χ3n) is 3.77. The van der Waals surface area contributed by atoms with Crippen LogP contribution in [-0.2, 0) is 11.0 Å². The van der Waals surface area contributed by atoms with Crippen molar-refractivity contribution in [3.05, 3.63) is 54.4 Å². The minimum Gasteiger partial charge on any atom is -0.463 e. The van der Waals surface area contributed by atoms with E-state index in [9.17, 15) is 18.0 Å². The molecule has 0 saturated heterocycles. The van der Waals surface area contributed by atoms with Crippen LogP contribution in [0.4, 0.5) is 24.5 Å². The first-order chi connectivity index (χ1) is 13.7. The van der Waals surface area contributed by atoms with Gasteiger partial charge in [-0.05, 0) is 42.5 Å². The molecule has 29 heavy (non-hydrogen) atoms. The number of rotatable bonds is 6. The summed E-state index contributed by atoms with van der Waals surface area (Å²) in [6.07, 6.45) is -3.30. The summed E-state index contributed by atoms with van der Waals surface area (Å²) in [5.74, 6) is -0.340. The number of halogens is 3. The number of thioether (sulfide) groups is 1. The summed E-state index contributed by atoms with van der Waals surface area (Å²) < 4.78 is 44.6. The molecule has 1 amide bonds. The molecule has 0 aliphatic rings. The molecular weight excluding hydrogens is 405 g/mol. The number of alkyl halides is 3. The molecule has 6 nitrogen and oxygen atoms in total. The number of benzene rings is 1. The Balaban J connectivity index is 1.70. The van der Waals surface area contributed by atoms with E-state index in [4.69, 9.17) is 4.42 Å². The second-order valence-electron chi connectivity index (χ2n) is 6.17. The summed E-state index contributed by atoms with van der Waals surface area (Å²) in [5, 5.41) is 2.53. The molecule has 152 valence electrons. The first kappa shape index (κ1) is 20.7. The van der Waals surface area contributed by atoms with Crippen LogP contribution in [0.25, 0.3) is 11.5 Å². The Bertz CT molecular complexity index is 974. The van der Waals surface area contributed by atoms with E-state index in [1.807, 2.05) is 31.1 Å². The van der Waals surface area contributed by atoms with E-state index < -0.39 is 11.9 Å². The molecule has 10 heteroatoms. The lowest BCUT2D eigenvalue weighted by atomic mass is 10.2. The topological polar surface area (TPSA) is 71.3 Å². The summed E-state index contributed by atoms with van der Waals surface area (Å²) in [6.45, 7) is 0. The van der Waals surface area contributed by atoms with Gasteiger partial charge in [-0.1, -0.05) is 11.8 Å². The molecule has 1 aromatic carbocycles. The molecule has 0 aliphatic carbocycles. The fourth-order valence-corrected chi connectivity index (χ4v) is 3.01. The van der Waals surface area contributed by atoms with Crippen LogP contribution in [-0.4, -0.2) is 35.7 Å². The van der Waals surface area contributed by atoms with Gasteiger partial charge in [0.1, 0.15) is 11.4 Å². The van der Waals surface area contributed by atoms with Gasteiger partial charge in [0, 0.05) is 25.5 Å². The smallest absolute Gasteiger partial charge is 0.433 e. The minimum atomic E-state index is -4.64. The average molecular weight is 422 g/mol. The zero-order chi connectivity index (χ0) is 21.0. The van der Waals surface area contributed by atoms with Gasteiger partial charge >= 0.3 is 6.18 Å². The van der Waals surface area contributed by atoms with Gasteiger partial charge in [-0.15, -0.1) is 0 Å². The van der Waals surface area contributed by atoms with Gasteiger partial charge in [0.15, 0.2) is 10.9 Å². The maximum absolute atomic E-state index is 13.2. The summed E-state index contributed by atoms with van der Waals surface area (Å²) in [5.41, 5.74) is 0.461. The van der Waals surface area contributed by atoms with E-state index in [0.29, 0.717) is 5.69 Å². The van der Waals surface area contributed by atoms with E-state index in [-0.39, 0.29) is 28.3 Å². The normalized spacial score (nSPS) is 11.3. The van der Waals surface area contributed by atoms with Crippen LogP contribution >= 0.6 is 11.8 Å². The van der Waals surface area contributed by atoms with Crippen molar-refractivity contribution in [2.45, 2.75) is 11.3 Å². The zero-order valence-electron chi connectivity index (χ0n) is 15.5. The number of furan rings is 1. The number of aromatic nitrogens is 2. The molecule has 0 aliphatic heterocycles. The van der Waals surface area contributed by atoms with Gasteiger partial charge in [0.2, 0.25) is 5.91 Å². The Morgan fingerprint density at radius 2 is 1.90 bits per heavy atom. The second-order valence-corrected chi connectivity index (χ2v) is 7.12. The molecule has 0 radical (unpaired) electrons. The predicted octanol–water partition coefficient (Wildman–Crippen LogP) is 4.55. The highest BCUT2D eigenvalue weighted by atomic mass is 32.2. The third kappa shape index (κ3) is 5.50. The average Bonchev–Trinajstić information content (AvgIpc) is 3.21. The zero-order valence-corrected chi connectivity index (χ0v) is 16.3. The van der Waals surface area contributed by atoms with Gasteiger partial charge in [-0.25, -0.2) is 9.97 Å². The number of carbonyl (C=O) groups is 1. The number of carbonyl (C=O) groups excluding carboxylic acids is 1. The maximum Gasteiger partial charge on any atom is 0.433 e. The number of nitrogens with zero attached hydrogens (tertiary/aromatic N) is 3. The highest BCUT2D eigenvalue weighted by Gasteiger charge is 2.34. The molecule has 0 unspecified atom stereocenters. The van der Waals surface area contributed by atoms with Crippen LogP contribution in [0.2, 0.25) is 0 Å². The van der Waals surface area contributed by atoms with Gasteiger partial charge < -0.3 is 14.6 Å². The lowest BCUT2D eigenvalue weighted by Gasteiger charge is -2.13. The lowest BCUT2D eigenvalue weighted by Crippen LogP contribution is -2.15. The molecule has 3 rings (SSSR count). The van der Waals surface area contributed by atoms with Crippen molar-refractivity contribution >= 4 is 29.0 Å². The predicted molar refractivity (Wildman–Crippen MR) is 105 cm³/mol. The van der Waals surface area contributed by atoms with E-state index in [2.05, 4.69) is 15.3 Å². The molecule has 2 heterocycles. The van der Waals surface area contributed by atoms with Crippen molar-refractivity contribution in [1.29, 1.82) is 0 Å². The van der Waals surface area contributed by atoms with Crippen molar-refractivity contribution < 1.29 is 22.4 Å². The quantitative estimate of drug-likeness (QED) is 0.464. The van der Waals surface area contributed by atoms with Crippen molar-refractivity contribution in [2.24, 2.45) is 0 Å². The Hall–Kier alpha value is -3.01. The van der Waals surface area contributed by atoms with Crippen molar-refractivity contribution in [3.63, 3.8) is 0 Å². The van der Waals surface area contributed by atoms with Gasteiger partial charge in [0.25, 0.3) is 0 Å². The fourth-order valence-electron chi connectivity index (χ4n) is 2.36. The molecule has 0 fully saturated rings. The summed E-state index contributed by atoms with van der Waals surface area (Å²) in [7, 11) is 3.80. The van der Waals surface area contributed by atoms with E-state index in [1.165, 1.54) is 12.3 Å². The van der Waals surface area contributed by atoms with Crippen LogP contribution in [0.5, 0.6) is 0 Å². The first-order valence-electron chi connectivity index (χ1n) is 8.42. The van der Waals surface area contributed by atoms with Gasteiger partial charge in [-0.2, -0.15) is 13.2 Å². The van der Waals surface area contributed by atoms with Crippen LogP contribution in [0, 0.1) is 0 Å². The molecule has 0 atom stereocenters. The Morgan fingerprint density at radius 1 is 1.17 bits per heavy atom. The lowest BCUT2D eigenvalue weighted by molar-refractivity contribution is -0.141. The summed E-state index contributed by atoms with van der Waals surface area (Å²) in [6, 6.07) is 11.0. The maximum atomic E-state index is 13.2. The summed E-state index contributed by atoms with van der Waals surface area (Å²) >= 11 is 0.813. The molecule has 0 bridgehead atoms. The van der Waals surface area contributed by atoms with Crippen LogP contribution in [0.1, 0.15) is 5.69 Å². The largest absolute Gasteiger partial charge is 0.463 e. The van der Waals surface area contributed by atoms with Crippen molar-refractivity contribution in [3.8, 4) is 11.5 Å². The SMILES string of the molecule is CN(C)c1ccc(NC(=O)CSc2nc(-c3ccco3)cc(C(F)(F)F)n2)cc1. The van der Waals surface area contributed by atoms with Crippen LogP contribution in [0.15, 0.2) is 58.3 Å². The van der Waals surface area contributed by atoms with E-state index in [0.717, 1.165) is 23.5 Å². The molecular formula is C19H17F3N4O2S. The molecule has 0 spiro atoms. The standard InChI is InChI=1S/C19H17F3N4O2S/c1-26(2)13-7-5-12(6-8-13)23-17(27)11-29-18-24-14(15-4-3-9-28-15)10-16(25-18)19(20,21)22/h3-10H,11H2,1-2H3,(H,23,27). The molecule has 2 aromatic heterocycles. The fraction of sp³-hybridized carbons (Fsp3) is 0.211. The van der Waals surface area contributed by atoms with Crippen molar-refractivity contribution in [2.75, 3.05) is 30.1 Å². The summed E-state index contributed by atoms with van der Waals surface area (Å²) in [4.78, 5) is 21.7. The van der Waals surface area contributed by atoms with Crippen LogP contribution in [0.3, 0.4) is 0 Å². The number of hydrogen-bond donors (Lipinski definition) is 1. The third-order valence-corrected chi connectivity index (χ3v) is 4.62. The minimum absolute atomic E-state index is 0.000456. The number of hydrogen-bond acceptors (Lipinski definition) is 6. The first-order valence-corrected chi connectivity index (χ1v) is 9.41. The molecule has 3 aromatic rings. The number of amides is 1. The van der Waals surface area contributed by atoms with Crippen molar-refractivity contribution in [1.82, 2.24) is 9.97 Å². The van der Waals surface area contributed by atoms with Gasteiger partial charge in [0.05, 0.1) is 12.0 Å². The Morgan fingerprint density at radius 3 is 2.48 bits per heavy atom. The number of anilines is 2. The highest BCUT2D eigenvalue weighted by molar-refractivity contribution is 7.99. The van der Waals surface area contributed by atoms with E-state index >= 15 is 0 Å². The highest BCUT2D eigenvalue weighted by Crippen LogP contribution is 2.32.